The molecule has 8 heteroatoms. The molecule has 1 aliphatic heterocycles. The number of carbonyl (C=O) groups is 3. The number of benzene rings is 2. The second kappa shape index (κ2) is 12.5. The number of nitrogens with zero attached hydrogens (tertiary/aromatic N) is 3. The molecule has 7 nitrogen and oxygen atoms in total. The third kappa shape index (κ3) is 7.05. The second-order valence-corrected chi connectivity index (χ2v) is 9.04. The Morgan fingerprint density at radius 1 is 1.00 bits per heavy atom. The van der Waals surface area contributed by atoms with Crippen molar-refractivity contribution in [2.24, 2.45) is 0 Å². The van der Waals surface area contributed by atoms with Gasteiger partial charge in [-0.05, 0) is 50.1 Å². The number of hydrogen-bond acceptors (Lipinski definition) is 4. The van der Waals surface area contributed by atoms with Gasteiger partial charge in [0.05, 0.1) is 23.8 Å². The molecule has 1 fully saturated rings. The van der Waals surface area contributed by atoms with Gasteiger partial charge in [-0.1, -0.05) is 48.9 Å². The quantitative estimate of drug-likeness (QED) is 0.588. The van der Waals surface area contributed by atoms with E-state index in [9.17, 15) is 14.4 Å². The van der Waals surface area contributed by atoms with E-state index in [0.717, 1.165) is 25.8 Å². The largest absolute Gasteiger partial charge is 0.339 e. The highest BCUT2D eigenvalue weighted by molar-refractivity contribution is 6.33. The van der Waals surface area contributed by atoms with Gasteiger partial charge in [-0.2, -0.15) is 0 Å². The molecule has 1 aliphatic rings. The molecule has 0 unspecified atom stereocenters. The standard InChI is InChI=1S/C26H33ClN4O3/c1-3-15-31(21-13-16-30(17-14-21)26(34)20-9-5-4-6-10-20)19-25(33)29(2)18-24(32)28-23-12-8-7-11-22(23)27/h4-12,21H,3,13-19H2,1-2H3,(H,28,32). The molecule has 1 saturated heterocycles. The number of hydrogen-bond donors (Lipinski definition) is 1. The van der Waals surface area contributed by atoms with Gasteiger partial charge in [0.15, 0.2) is 0 Å². The summed E-state index contributed by atoms with van der Waals surface area (Å²) in [6.45, 7) is 4.43. The second-order valence-electron chi connectivity index (χ2n) is 8.64. The van der Waals surface area contributed by atoms with Crippen molar-refractivity contribution in [1.82, 2.24) is 14.7 Å². The molecule has 34 heavy (non-hydrogen) atoms. The highest BCUT2D eigenvalue weighted by Crippen LogP contribution is 2.21. The van der Waals surface area contributed by atoms with Gasteiger partial charge >= 0.3 is 0 Å². The van der Waals surface area contributed by atoms with Gasteiger partial charge in [0.2, 0.25) is 11.8 Å². The number of rotatable bonds is 9. The lowest BCUT2D eigenvalue weighted by atomic mass is 10.0. The van der Waals surface area contributed by atoms with Crippen LogP contribution in [0.15, 0.2) is 54.6 Å². The summed E-state index contributed by atoms with van der Waals surface area (Å²) in [6.07, 6.45) is 2.57. The fourth-order valence-electron chi connectivity index (χ4n) is 4.23. The molecule has 0 bridgehead atoms. The smallest absolute Gasteiger partial charge is 0.253 e. The minimum absolute atomic E-state index is 0.0476. The van der Waals surface area contributed by atoms with Crippen LogP contribution < -0.4 is 5.32 Å². The minimum atomic E-state index is -0.293. The molecule has 1 heterocycles. The van der Waals surface area contributed by atoms with Crippen LogP contribution in [0.3, 0.4) is 0 Å². The lowest BCUT2D eigenvalue weighted by molar-refractivity contribution is -0.135. The molecular weight excluding hydrogens is 452 g/mol. The van der Waals surface area contributed by atoms with Gasteiger partial charge in [-0.3, -0.25) is 19.3 Å². The van der Waals surface area contributed by atoms with Crippen LogP contribution in [0.5, 0.6) is 0 Å². The number of amides is 3. The first-order valence-electron chi connectivity index (χ1n) is 11.8. The minimum Gasteiger partial charge on any atom is -0.339 e. The van der Waals surface area contributed by atoms with Crippen molar-refractivity contribution >= 4 is 35.0 Å². The van der Waals surface area contributed by atoms with Crippen LogP contribution >= 0.6 is 11.6 Å². The Morgan fingerprint density at radius 3 is 2.29 bits per heavy atom. The summed E-state index contributed by atoms with van der Waals surface area (Å²) in [6, 6.07) is 16.6. The van der Waals surface area contributed by atoms with Crippen molar-refractivity contribution in [2.45, 2.75) is 32.2 Å². The zero-order chi connectivity index (χ0) is 24.5. The highest BCUT2D eigenvalue weighted by atomic mass is 35.5. The number of likely N-dealkylation sites (tertiary alicyclic amines) is 1. The van der Waals surface area contributed by atoms with Crippen molar-refractivity contribution in [3.8, 4) is 0 Å². The Labute approximate surface area is 206 Å². The third-order valence-corrected chi connectivity index (χ3v) is 6.42. The van der Waals surface area contributed by atoms with Gasteiger partial charge in [-0.25, -0.2) is 0 Å². The van der Waals surface area contributed by atoms with E-state index in [1.165, 1.54) is 4.90 Å². The van der Waals surface area contributed by atoms with Gasteiger partial charge in [0.25, 0.3) is 5.91 Å². The highest BCUT2D eigenvalue weighted by Gasteiger charge is 2.29. The summed E-state index contributed by atoms with van der Waals surface area (Å²) in [5, 5.41) is 3.21. The van der Waals surface area contributed by atoms with Crippen LogP contribution in [0.25, 0.3) is 0 Å². The van der Waals surface area contributed by atoms with E-state index in [1.54, 1.807) is 31.3 Å². The van der Waals surface area contributed by atoms with Gasteiger partial charge < -0.3 is 15.1 Å². The summed E-state index contributed by atoms with van der Waals surface area (Å²) >= 11 is 6.10. The Hall–Kier alpha value is -2.90. The maximum Gasteiger partial charge on any atom is 0.253 e. The molecule has 0 aromatic heterocycles. The summed E-state index contributed by atoms with van der Waals surface area (Å²) in [5.74, 6) is -0.342. The summed E-state index contributed by atoms with van der Waals surface area (Å²) < 4.78 is 0. The van der Waals surface area contributed by atoms with E-state index in [-0.39, 0.29) is 36.9 Å². The number of nitrogens with one attached hydrogen (secondary N) is 1. The van der Waals surface area contributed by atoms with Crippen LogP contribution in [0.1, 0.15) is 36.5 Å². The number of halogens is 1. The van der Waals surface area contributed by atoms with Crippen LogP contribution in [0.2, 0.25) is 5.02 Å². The third-order valence-electron chi connectivity index (χ3n) is 6.09. The van der Waals surface area contributed by atoms with Gasteiger partial charge in [-0.15, -0.1) is 0 Å². The summed E-state index contributed by atoms with van der Waals surface area (Å²) in [5.41, 5.74) is 1.23. The predicted molar refractivity (Wildman–Crippen MR) is 135 cm³/mol. The van der Waals surface area contributed by atoms with Crippen molar-refractivity contribution in [3.05, 3.63) is 65.2 Å². The molecule has 0 aliphatic carbocycles. The maximum atomic E-state index is 12.9. The zero-order valence-electron chi connectivity index (χ0n) is 19.9. The first-order chi connectivity index (χ1) is 16.4. The fourth-order valence-corrected chi connectivity index (χ4v) is 4.41. The topological polar surface area (TPSA) is 73.0 Å². The van der Waals surface area contributed by atoms with Gasteiger partial charge in [0, 0.05) is 31.7 Å². The molecule has 182 valence electrons. The van der Waals surface area contributed by atoms with Crippen LogP contribution in [-0.2, 0) is 9.59 Å². The average molecular weight is 485 g/mol. The first-order valence-corrected chi connectivity index (χ1v) is 12.1. The van der Waals surface area contributed by atoms with E-state index >= 15 is 0 Å². The molecule has 1 N–H and O–H groups in total. The van der Waals surface area contributed by atoms with E-state index in [0.29, 0.717) is 29.4 Å². The molecule has 0 spiro atoms. The predicted octanol–water partition coefficient (Wildman–Crippen LogP) is 3.75. The van der Waals surface area contributed by atoms with Crippen LogP contribution in [0, 0.1) is 0 Å². The monoisotopic (exact) mass is 484 g/mol. The van der Waals surface area contributed by atoms with E-state index < -0.39 is 0 Å². The summed E-state index contributed by atoms with van der Waals surface area (Å²) in [4.78, 5) is 43.5. The normalized spacial score (nSPS) is 14.2. The van der Waals surface area contributed by atoms with Crippen molar-refractivity contribution in [1.29, 1.82) is 0 Å². The number of carbonyl (C=O) groups excluding carboxylic acids is 3. The molecule has 2 aromatic carbocycles. The first kappa shape index (κ1) is 25.7. The Morgan fingerprint density at radius 2 is 1.65 bits per heavy atom. The molecule has 3 rings (SSSR count). The average Bonchev–Trinajstić information content (AvgIpc) is 2.85. The number of likely N-dealkylation sites (N-methyl/N-ethyl adjacent to an activating group) is 1. The number of piperidine rings is 1. The molecule has 3 amide bonds. The molecule has 0 atom stereocenters. The zero-order valence-corrected chi connectivity index (χ0v) is 20.6. The van der Waals surface area contributed by atoms with Crippen molar-refractivity contribution in [3.63, 3.8) is 0 Å². The van der Waals surface area contributed by atoms with Crippen LogP contribution in [-0.4, -0.2) is 78.2 Å². The Bertz CT molecular complexity index is 977. The van der Waals surface area contributed by atoms with Crippen molar-refractivity contribution in [2.75, 3.05) is 45.1 Å². The summed E-state index contributed by atoms with van der Waals surface area (Å²) in [7, 11) is 1.64. The maximum absolute atomic E-state index is 12.9. The molecule has 0 radical (unpaired) electrons. The van der Waals surface area contributed by atoms with E-state index in [4.69, 9.17) is 11.6 Å². The fraction of sp³-hybridized carbons (Fsp3) is 0.423. The lowest BCUT2D eigenvalue weighted by Crippen LogP contribution is -2.50. The van der Waals surface area contributed by atoms with E-state index in [2.05, 4.69) is 17.1 Å². The Balaban J connectivity index is 1.51. The molecule has 2 aromatic rings. The van der Waals surface area contributed by atoms with Gasteiger partial charge in [0.1, 0.15) is 0 Å². The van der Waals surface area contributed by atoms with E-state index in [1.807, 2.05) is 35.2 Å². The Kier molecular flexibility index (Phi) is 9.48. The number of anilines is 1. The lowest BCUT2D eigenvalue weighted by Gasteiger charge is -2.38. The van der Waals surface area contributed by atoms with Crippen LogP contribution in [0.4, 0.5) is 5.69 Å². The number of para-hydroxylation sites is 1. The molecule has 0 saturated carbocycles. The molecular formula is C26H33ClN4O3. The van der Waals surface area contributed by atoms with Crippen molar-refractivity contribution < 1.29 is 14.4 Å². The SMILES string of the molecule is CCCN(CC(=O)N(C)CC(=O)Nc1ccccc1Cl)C1CCN(C(=O)c2ccccc2)CC1.